The first-order valence-corrected chi connectivity index (χ1v) is 10.4. The van der Waals surface area contributed by atoms with E-state index in [-0.39, 0.29) is 11.8 Å². The first-order valence-electron chi connectivity index (χ1n) is 10.0. The molecule has 2 fully saturated rings. The van der Waals surface area contributed by atoms with Crippen LogP contribution in [-0.4, -0.2) is 47.1 Å². The van der Waals surface area contributed by atoms with E-state index in [2.05, 4.69) is 9.97 Å². The molecule has 148 valence electrons. The quantitative estimate of drug-likeness (QED) is 0.785. The van der Waals surface area contributed by atoms with Crippen molar-refractivity contribution in [2.45, 2.75) is 43.9 Å². The number of hydrogen-bond donors (Lipinski definition) is 0. The number of likely N-dealkylation sites (tertiary alicyclic amines) is 1. The molecule has 2 saturated heterocycles. The Balaban J connectivity index is 1.60. The van der Waals surface area contributed by atoms with E-state index >= 15 is 0 Å². The van der Waals surface area contributed by atoms with Gasteiger partial charge in [-0.15, -0.1) is 0 Å². The van der Waals surface area contributed by atoms with Gasteiger partial charge in [-0.1, -0.05) is 23.7 Å². The van der Waals surface area contributed by atoms with Gasteiger partial charge in [-0.3, -0.25) is 14.8 Å². The monoisotopic (exact) mass is 399 g/mol. The molecule has 0 radical (unpaired) electrons. The van der Waals surface area contributed by atoms with Crippen molar-refractivity contribution in [1.82, 2.24) is 14.9 Å². The predicted molar refractivity (Wildman–Crippen MR) is 109 cm³/mol. The second-order valence-corrected chi connectivity index (χ2v) is 8.31. The molecule has 0 N–H and O–H groups in total. The fraction of sp³-hybridized carbons (Fsp3) is 0.500. The van der Waals surface area contributed by atoms with Crippen LogP contribution < -0.4 is 0 Å². The van der Waals surface area contributed by atoms with Crippen LogP contribution in [0.15, 0.2) is 36.7 Å². The molecule has 1 aromatic carbocycles. The Morgan fingerprint density at radius 2 is 1.96 bits per heavy atom. The Kier molecular flexibility index (Phi) is 5.65. The minimum Gasteiger partial charge on any atom is -0.381 e. The normalized spacial score (nSPS) is 22.1. The number of amides is 1. The number of nitrogens with zero attached hydrogens (tertiary/aromatic N) is 3. The first-order chi connectivity index (χ1) is 13.6. The van der Waals surface area contributed by atoms with Crippen LogP contribution in [0.25, 0.3) is 0 Å². The minimum absolute atomic E-state index is 0.212. The molecule has 1 atom stereocenters. The van der Waals surface area contributed by atoms with Gasteiger partial charge in [-0.25, -0.2) is 0 Å². The number of ether oxygens (including phenoxy) is 1. The van der Waals surface area contributed by atoms with Crippen LogP contribution in [0.5, 0.6) is 0 Å². The van der Waals surface area contributed by atoms with Gasteiger partial charge in [-0.05, 0) is 50.3 Å². The topological polar surface area (TPSA) is 55.3 Å². The van der Waals surface area contributed by atoms with Crippen molar-refractivity contribution in [1.29, 1.82) is 0 Å². The molecule has 2 aliphatic heterocycles. The van der Waals surface area contributed by atoms with Crippen LogP contribution >= 0.6 is 11.6 Å². The summed E-state index contributed by atoms with van der Waals surface area (Å²) in [6.45, 7) is 4.67. The molecule has 1 aromatic heterocycles. The lowest BCUT2D eigenvalue weighted by molar-refractivity contribution is -0.142. The van der Waals surface area contributed by atoms with Gasteiger partial charge in [0.1, 0.15) is 0 Å². The van der Waals surface area contributed by atoms with Crippen molar-refractivity contribution in [3.05, 3.63) is 58.6 Å². The summed E-state index contributed by atoms with van der Waals surface area (Å²) in [4.78, 5) is 24.8. The summed E-state index contributed by atoms with van der Waals surface area (Å²) < 4.78 is 5.60. The smallest absolute Gasteiger partial charge is 0.233 e. The number of hydrogen-bond acceptors (Lipinski definition) is 4. The van der Waals surface area contributed by atoms with Crippen LogP contribution in [0, 0.1) is 6.92 Å². The number of carbonyl (C=O) groups excluding carboxylic acids is 1. The second kappa shape index (κ2) is 8.18. The van der Waals surface area contributed by atoms with Gasteiger partial charge in [-0.2, -0.15) is 0 Å². The molecule has 0 saturated carbocycles. The third-order valence-corrected chi connectivity index (χ3v) is 6.31. The number of piperidine rings is 1. The van der Waals surface area contributed by atoms with Gasteiger partial charge >= 0.3 is 0 Å². The Labute approximate surface area is 171 Å². The van der Waals surface area contributed by atoms with Gasteiger partial charge in [0.25, 0.3) is 0 Å². The van der Waals surface area contributed by atoms with Crippen molar-refractivity contribution >= 4 is 17.5 Å². The zero-order valence-corrected chi connectivity index (χ0v) is 17.0. The fourth-order valence-electron chi connectivity index (χ4n) is 4.50. The van der Waals surface area contributed by atoms with Crippen molar-refractivity contribution in [3.63, 3.8) is 0 Å². The van der Waals surface area contributed by atoms with Crippen LogP contribution in [0.4, 0.5) is 0 Å². The maximum atomic E-state index is 13.8. The SMILES string of the molecule is Cc1cncc([C@H]2CCCN(C(=O)C3(c4ccc(Cl)cc4)CCOCC3)C2)n1. The van der Waals surface area contributed by atoms with Crippen molar-refractivity contribution in [2.75, 3.05) is 26.3 Å². The summed E-state index contributed by atoms with van der Waals surface area (Å²) in [6.07, 6.45) is 7.05. The number of benzene rings is 1. The average molecular weight is 400 g/mol. The predicted octanol–water partition coefficient (Wildman–Crippen LogP) is 3.89. The molecular weight excluding hydrogens is 374 g/mol. The lowest BCUT2D eigenvalue weighted by atomic mass is 9.72. The van der Waals surface area contributed by atoms with E-state index in [1.165, 1.54) is 0 Å². The summed E-state index contributed by atoms with van der Waals surface area (Å²) >= 11 is 6.09. The van der Waals surface area contributed by atoms with E-state index in [4.69, 9.17) is 16.3 Å². The highest BCUT2D eigenvalue weighted by Gasteiger charge is 2.45. The lowest BCUT2D eigenvalue weighted by Gasteiger charge is -2.42. The molecular formula is C22H26ClN3O2. The van der Waals surface area contributed by atoms with Crippen molar-refractivity contribution in [2.24, 2.45) is 0 Å². The molecule has 0 bridgehead atoms. The van der Waals surface area contributed by atoms with E-state index in [9.17, 15) is 4.79 Å². The largest absolute Gasteiger partial charge is 0.381 e. The summed E-state index contributed by atoms with van der Waals surface area (Å²) in [7, 11) is 0. The van der Waals surface area contributed by atoms with Gasteiger partial charge in [0.05, 0.1) is 16.8 Å². The maximum absolute atomic E-state index is 13.8. The molecule has 4 rings (SSSR count). The van der Waals surface area contributed by atoms with Crippen LogP contribution in [0.2, 0.25) is 5.02 Å². The van der Waals surface area contributed by atoms with E-state index in [0.717, 1.165) is 36.3 Å². The van der Waals surface area contributed by atoms with Crippen molar-refractivity contribution in [3.8, 4) is 0 Å². The van der Waals surface area contributed by atoms with Gasteiger partial charge in [0.2, 0.25) is 5.91 Å². The number of carbonyl (C=O) groups is 1. The third-order valence-electron chi connectivity index (χ3n) is 6.05. The summed E-state index contributed by atoms with van der Waals surface area (Å²) in [5.41, 5.74) is 2.43. The highest BCUT2D eigenvalue weighted by Crippen LogP contribution is 2.39. The third kappa shape index (κ3) is 3.78. The molecule has 2 aromatic rings. The zero-order valence-electron chi connectivity index (χ0n) is 16.2. The minimum atomic E-state index is -0.525. The van der Waals surface area contributed by atoms with E-state index in [1.54, 1.807) is 6.20 Å². The first kappa shape index (κ1) is 19.3. The molecule has 3 heterocycles. The summed E-state index contributed by atoms with van der Waals surface area (Å²) in [6, 6.07) is 7.75. The molecule has 5 nitrogen and oxygen atoms in total. The van der Waals surface area contributed by atoms with E-state index in [0.29, 0.717) is 37.6 Å². The van der Waals surface area contributed by atoms with Crippen LogP contribution in [0.3, 0.4) is 0 Å². The Hall–Kier alpha value is -1.98. The molecule has 6 heteroatoms. The van der Waals surface area contributed by atoms with Crippen molar-refractivity contribution < 1.29 is 9.53 Å². The zero-order chi connectivity index (χ0) is 19.6. The number of aryl methyl sites for hydroxylation is 1. The maximum Gasteiger partial charge on any atom is 0.233 e. The number of aromatic nitrogens is 2. The standard InChI is InChI=1S/C22H26ClN3O2/c1-16-13-24-14-20(25-16)17-3-2-10-26(15-17)21(27)22(8-11-28-12-9-22)18-4-6-19(23)7-5-18/h4-7,13-14,17H,2-3,8-12,15H2,1H3/t17-/m0/s1. The van der Waals surface area contributed by atoms with Gasteiger partial charge < -0.3 is 9.64 Å². The molecule has 28 heavy (non-hydrogen) atoms. The van der Waals surface area contributed by atoms with E-state index < -0.39 is 5.41 Å². The number of rotatable bonds is 3. The summed E-state index contributed by atoms with van der Waals surface area (Å²) in [5.74, 6) is 0.454. The fourth-order valence-corrected chi connectivity index (χ4v) is 4.63. The average Bonchev–Trinajstić information content (AvgIpc) is 2.74. The molecule has 2 aliphatic rings. The Morgan fingerprint density at radius 1 is 1.21 bits per heavy atom. The van der Waals surface area contributed by atoms with Crippen LogP contribution in [0.1, 0.15) is 48.6 Å². The van der Waals surface area contributed by atoms with Crippen LogP contribution in [-0.2, 0) is 14.9 Å². The van der Waals surface area contributed by atoms with Gasteiger partial charge in [0.15, 0.2) is 0 Å². The van der Waals surface area contributed by atoms with E-state index in [1.807, 2.05) is 42.3 Å². The Morgan fingerprint density at radius 3 is 2.68 bits per heavy atom. The van der Waals surface area contributed by atoms with Gasteiger partial charge in [0, 0.05) is 49.6 Å². The molecule has 0 aliphatic carbocycles. The highest BCUT2D eigenvalue weighted by atomic mass is 35.5. The highest BCUT2D eigenvalue weighted by molar-refractivity contribution is 6.30. The lowest BCUT2D eigenvalue weighted by Crippen LogP contribution is -2.52. The second-order valence-electron chi connectivity index (χ2n) is 7.88. The molecule has 0 spiro atoms. The Bertz CT molecular complexity index is 834. The molecule has 1 amide bonds. The summed E-state index contributed by atoms with van der Waals surface area (Å²) in [5, 5.41) is 0.689. The number of halogens is 1. The molecule has 0 unspecified atom stereocenters.